The highest BCUT2D eigenvalue weighted by molar-refractivity contribution is 6.35. The maximum atomic E-state index is 11.8. The van der Waals surface area contributed by atoms with Gasteiger partial charge in [0.2, 0.25) is 5.91 Å². The van der Waals surface area contributed by atoms with Crippen LogP contribution in [0.3, 0.4) is 0 Å². The molecule has 1 saturated heterocycles. The molecule has 24 heavy (non-hydrogen) atoms. The van der Waals surface area contributed by atoms with Gasteiger partial charge in [0.05, 0.1) is 0 Å². The van der Waals surface area contributed by atoms with Gasteiger partial charge in [0.25, 0.3) is 0 Å². The van der Waals surface area contributed by atoms with Gasteiger partial charge in [0.1, 0.15) is 0 Å². The molecular formula is C19H26Cl2N2O. The summed E-state index contributed by atoms with van der Waals surface area (Å²) in [7, 11) is 0. The number of benzene rings is 1. The maximum Gasteiger partial charge on any atom is 0.222 e. The van der Waals surface area contributed by atoms with Crippen LogP contribution in [-0.2, 0) is 11.2 Å². The predicted molar refractivity (Wildman–Crippen MR) is 99.7 cm³/mol. The number of halogens is 2. The van der Waals surface area contributed by atoms with Crippen molar-refractivity contribution in [3.05, 3.63) is 33.3 Å². The molecule has 1 fully saturated rings. The first-order valence-corrected chi connectivity index (χ1v) is 9.71. The lowest BCUT2D eigenvalue weighted by Gasteiger charge is -2.37. The molecule has 2 aliphatic rings. The predicted octanol–water partition coefficient (Wildman–Crippen LogP) is 4.46. The minimum Gasteiger partial charge on any atom is -0.356 e. The monoisotopic (exact) mass is 368 g/mol. The van der Waals surface area contributed by atoms with E-state index in [4.69, 9.17) is 23.2 Å². The quantitative estimate of drug-likeness (QED) is 0.850. The average molecular weight is 369 g/mol. The van der Waals surface area contributed by atoms with E-state index in [1.165, 1.54) is 24.0 Å². The van der Waals surface area contributed by atoms with E-state index in [1.54, 1.807) is 0 Å². The highest BCUT2D eigenvalue weighted by Gasteiger charge is 2.32. The Kier molecular flexibility index (Phi) is 5.74. The van der Waals surface area contributed by atoms with Crippen molar-refractivity contribution in [1.82, 2.24) is 10.2 Å². The lowest BCUT2D eigenvalue weighted by molar-refractivity contribution is -0.124. The van der Waals surface area contributed by atoms with Crippen molar-refractivity contribution in [3.8, 4) is 0 Å². The van der Waals surface area contributed by atoms with Gasteiger partial charge in [0, 0.05) is 35.1 Å². The van der Waals surface area contributed by atoms with Crippen LogP contribution in [0.25, 0.3) is 0 Å². The Labute approximate surface area is 154 Å². The van der Waals surface area contributed by atoms with Gasteiger partial charge in [-0.25, -0.2) is 0 Å². The van der Waals surface area contributed by atoms with Crippen molar-refractivity contribution in [2.45, 2.75) is 45.6 Å². The van der Waals surface area contributed by atoms with Crippen molar-refractivity contribution in [3.63, 3.8) is 0 Å². The zero-order valence-electron chi connectivity index (χ0n) is 14.4. The number of hydrogen-bond donors (Lipinski definition) is 1. The summed E-state index contributed by atoms with van der Waals surface area (Å²) in [5.41, 5.74) is 2.57. The van der Waals surface area contributed by atoms with Crippen molar-refractivity contribution < 1.29 is 4.79 Å². The van der Waals surface area contributed by atoms with Crippen LogP contribution >= 0.6 is 23.2 Å². The summed E-state index contributed by atoms with van der Waals surface area (Å²) >= 11 is 12.6. The fraction of sp³-hybridized carbons (Fsp3) is 0.632. The second kappa shape index (κ2) is 7.63. The number of nitrogens with zero attached hydrogens (tertiary/aromatic N) is 1. The van der Waals surface area contributed by atoms with Crippen molar-refractivity contribution in [2.75, 3.05) is 19.6 Å². The summed E-state index contributed by atoms with van der Waals surface area (Å²) in [6.07, 6.45) is 4.51. The molecule has 1 aliphatic carbocycles. The average Bonchev–Trinajstić information content (AvgIpc) is 2.96. The summed E-state index contributed by atoms with van der Waals surface area (Å²) in [5.74, 6) is 0.729. The van der Waals surface area contributed by atoms with E-state index < -0.39 is 0 Å². The zero-order chi connectivity index (χ0) is 17.3. The van der Waals surface area contributed by atoms with E-state index in [-0.39, 0.29) is 11.8 Å². The number of nitrogens with one attached hydrogen (secondary N) is 1. The number of rotatable bonds is 4. The number of hydrogen-bond acceptors (Lipinski definition) is 2. The van der Waals surface area contributed by atoms with Gasteiger partial charge in [-0.15, -0.1) is 0 Å². The number of piperidine rings is 1. The first-order chi connectivity index (χ1) is 11.5. The van der Waals surface area contributed by atoms with Crippen LogP contribution in [0.4, 0.5) is 0 Å². The van der Waals surface area contributed by atoms with Crippen LogP contribution in [0.2, 0.25) is 10.0 Å². The molecule has 1 aromatic rings. The van der Waals surface area contributed by atoms with Crippen LogP contribution in [0, 0.1) is 11.8 Å². The van der Waals surface area contributed by atoms with Crippen LogP contribution in [-0.4, -0.2) is 30.4 Å². The maximum absolute atomic E-state index is 11.8. The molecule has 2 atom stereocenters. The standard InChI is InChI=1S/C19H26Cl2N2O/c1-12(2)19(24)22-10-13-4-3-7-23(11-13)18-6-5-15-16(18)8-14(20)9-17(15)21/h8-9,12-13,18H,3-7,10-11H2,1-2H3,(H,22,24)/t13-,18+/m1/s1. The van der Waals surface area contributed by atoms with Crippen LogP contribution in [0.1, 0.15) is 50.3 Å². The van der Waals surface area contributed by atoms with Crippen molar-refractivity contribution >= 4 is 29.1 Å². The molecule has 1 amide bonds. The Bertz CT molecular complexity index is 618. The molecule has 0 radical (unpaired) electrons. The molecule has 1 aliphatic heterocycles. The van der Waals surface area contributed by atoms with Crippen molar-refractivity contribution in [1.29, 1.82) is 0 Å². The van der Waals surface area contributed by atoms with Gasteiger partial charge in [-0.2, -0.15) is 0 Å². The Morgan fingerprint density at radius 3 is 2.88 bits per heavy atom. The van der Waals surface area contributed by atoms with E-state index in [0.29, 0.717) is 12.0 Å². The molecule has 0 spiro atoms. The van der Waals surface area contributed by atoms with E-state index >= 15 is 0 Å². The van der Waals surface area contributed by atoms with Gasteiger partial charge in [0.15, 0.2) is 0 Å². The van der Waals surface area contributed by atoms with Gasteiger partial charge in [-0.05, 0) is 61.4 Å². The molecule has 0 saturated carbocycles. The molecule has 1 heterocycles. The fourth-order valence-electron chi connectivity index (χ4n) is 4.00. The zero-order valence-corrected chi connectivity index (χ0v) is 16.0. The molecule has 3 nitrogen and oxygen atoms in total. The van der Waals surface area contributed by atoms with E-state index in [0.717, 1.165) is 42.5 Å². The summed E-state index contributed by atoms with van der Waals surface area (Å²) in [5, 5.41) is 4.62. The SMILES string of the molecule is CC(C)C(=O)NC[C@H]1CCCN([C@H]2CCc3c(Cl)cc(Cl)cc32)C1. The van der Waals surface area contributed by atoms with Gasteiger partial charge < -0.3 is 5.32 Å². The Morgan fingerprint density at radius 1 is 1.33 bits per heavy atom. The molecule has 0 unspecified atom stereocenters. The van der Waals surface area contributed by atoms with E-state index in [9.17, 15) is 4.79 Å². The summed E-state index contributed by atoms with van der Waals surface area (Å²) in [6.45, 7) is 6.80. The van der Waals surface area contributed by atoms with Crippen LogP contribution in [0.5, 0.6) is 0 Å². The molecule has 5 heteroatoms. The number of carbonyl (C=O) groups excluding carboxylic acids is 1. The molecule has 132 valence electrons. The minimum atomic E-state index is 0.0516. The first kappa shape index (κ1) is 18.0. The molecule has 1 N–H and O–H groups in total. The van der Waals surface area contributed by atoms with E-state index in [2.05, 4.69) is 16.3 Å². The normalized spacial score (nSPS) is 24.2. The smallest absolute Gasteiger partial charge is 0.222 e. The topological polar surface area (TPSA) is 32.3 Å². The van der Waals surface area contributed by atoms with E-state index in [1.807, 2.05) is 19.9 Å². The fourth-order valence-corrected chi connectivity index (χ4v) is 4.60. The van der Waals surface area contributed by atoms with Gasteiger partial charge in [-0.3, -0.25) is 9.69 Å². The summed E-state index contributed by atoms with van der Waals surface area (Å²) < 4.78 is 0. The number of likely N-dealkylation sites (tertiary alicyclic amines) is 1. The molecule has 0 bridgehead atoms. The lowest BCUT2D eigenvalue weighted by Crippen LogP contribution is -2.42. The number of amides is 1. The van der Waals surface area contributed by atoms with Gasteiger partial charge >= 0.3 is 0 Å². The first-order valence-electron chi connectivity index (χ1n) is 8.95. The second-order valence-corrected chi connectivity index (χ2v) is 8.26. The lowest BCUT2D eigenvalue weighted by atomic mass is 9.95. The highest BCUT2D eigenvalue weighted by Crippen LogP contribution is 2.42. The Hall–Kier alpha value is -0.770. The van der Waals surface area contributed by atoms with Crippen molar-refractivity contribution in [2.24, 2.45) is 11.8 Å². The molecular weight excluding hydrogens is 343 g/mol. The minimum absolute atomic E-state index is 0.0516. The Balaban J connectivity index is 1.66. The van der Waals surface area contributed by atoms with Crippen LogP contribution < -0.4 is 5.32 Å². The number of carbonyl (C=O) groups is 1. The third-order valence-electron chi connectivity index (χ3n) is 5.30. The number of fused-ring (bicyclic) bond motifs is 1. The third kappa shape index (κ3) is 3.89. The molecule has 1 aromatic carbocycles. The highest BCUT2D eigenvalue weighted by atomic mass is 35.5. The summed E-state index contributed by atoms with van der Waals surface area (Å²) in [4.78, 5) is 14.4. The van der Waals surface area contributed by atoms with Crippen LogP contribution in [0.15, 0.2) is 12.1 Å². The molecule has 0 aromatic heterocycles. The van der Waals surface area contributed by atoms with Gasteiger partial charge in [-0.1, -0.05) is 37.0 Å². The third-order valence-corrected chi connectivity index (χ3v) is 5.86. The largest absolute Gasteiger partial charge is 0.356 e. The molecule has 3 rings (SSSR count). The second-order valence-electron chi connectivity index (χ2n) is 7.41. The Morgan fingerprint density at radius 2 is 2.12 bits per heavy atom. The summed E-state index contributed by atoms with van der Waals surface area (Å²) in [6, 6.07) is 4.36.